The van der Waals surface area contributed by atoms with Crippen molar-refractivity contribution in [2.24, 2.45) is 0 Å². The summed E-state index contributed by atoms with van der Waals surface area (Å²) in [6.07, 6.45) is 0.566. The Balaban J connectivity index is 1.46. The van der Waals surface area contributed by atoms with Crippen LogP contribution in [0.25, 0.3) is 11.3 Å². The van der Waals surface area contributed by atoms with E-state index >= 15 is 0 Å². The summed E-state index contributed by atoms with van der Waals surface area (Å²) in [4.78, 5) is 4.84. The smallest absolute Gasteiger partial charge is 0.351 e. The fourth-order valence-electron chi connectivity index (χ4n) is 4.05. The van der Waals surface area contributed by atoms with E-state index in [4.69, 9.17) is 0 Å². The summed E-state index contributed by atoms with van der Waals surface area (Å²) in [5, 5.41) is 8.63. The monoisotopic (exact) mass is 376 g/mol. The number of aromatic nitrogens is 2. The molecule has 2 fully saturated rings. The molecule has 0 spiro atoms. The number of rotatable bonds is 4. The predicted molar refractivity (Wildman–Crippen MR) is 98.5 cm³/mol. The quantitative estimate of drug-likeness (QED) is 0.800. The molecule has 27 heavy (non-hydrogen) atoms. The molecular formula is C20H23F3N4. The van der Waals surface area contributed by atoms with Gasteiger partial charge in [0.1, 0.15) is 0 Å². The largest absolute Gasteiger partial charge is 0.416 e. The molecule has 2 aliphatic heterocycles. The molecule has 0 bridgehead atoms. The zero-order valence-corrected chi connectivity index (χ0v) is 15.1. The number of likely N-dealkylation sites (tertiary alicyclic amines) is 1. The van der Waals surface area contributed by atoms with Gasteiger partial charge in [-0.3, -0.25) is 0 Å². The zero-order chi connectivity index (χ0) is 18.9. The average molecular weight is 376 g/mol. The molecule has 2 aliphatic rings. The molecule has 0 radical (unpaired) electrons. The lowest BCUT2D eigenvalue weighted by Gasteiger charge is -2.29. The molecule has 0 unspecified atom stereocenters. The van der Waals surface area contributed by atoms with Crippen LogP contribution in [0.1, 0.15) is 31.2 Å². The van der Waals surface area contributed by atoms with E-state index in [-0.39, 0.29) is 0 Å². The first-order valence-electron chi connectivity index (χ1n) is 9.51. The number of anilines is 1. The van der Waals surface area contributed by atoms with Crippen LogP contribution in [-0.4, -0.2) is 47.3 Å². The van der Waals surface area contributed by atoms with Gasteiger partial charge in [-0.1, -0.05) is 12.1 Å². The van der Waals surface area contributed by atoms with E-state index in [2.05, 4.69) is 20.0 Å². The second-order valence-corrected chi connectivity index (χ2v) is 7.35. The first kappa shape index (κ1) is 18.2. The highest BCUT2D eigenvalue weighted by Crippen LogP contribution is 2.31. The van der Waals surface area contributed by atoms with Crippen LogP contribution in [0.3, 0.4) is 0 Å². The summed E-state index contributed by atoms with van der Waals surface area (Å²) in [6.45, 7) is 4.42. The maximum atomic E-state index is 12.7. The van der Waals surface area contributed by atoms with E-state index in [0.717, 1.165) is 37.5 Å². The third-order valence-corrected chi connectivity index (χ3v) is 5.50. The number of benzene rings is 1. The molecule has 144 valence electrons. The number of alkyl halides is 3. The summed E-state index contributed by atoms with van der Waals surface area (Å²) in [6, 6.07) is 9.29. The Labute approximate surface area is 157 Å². The van der Waals surface area contributed by atoms with Crippen molar-refractivity contribution in [3.05, 3.63) is 42.0 Å². The zero-order valence-electron chi connectivity index (χ0n) is 15.1. The van der Waals surface area contributed by atoms with Crippen molar-refractivity contribution in [3.63, 3.8) is 0 Å². The number of halogens is 3. The second-order valence-electron chi connectivity index (χ2n) is 7.35. The summed E-state index contributed by atoms with van der Waals surface area (Å²) in [7, 11) is 0. The van der Waals surface area contributed by atoms with Gasteiger partial charge < -0.3 is 9.80 Å². The second kappa shape index (κ2) is 7.46. The van der Waals surface area contributed by atoms with E-state index in [1.807, 2.05) is 12.1 Å². The maximum absolute atomic E-state index is 12.7. The lowest BCUT2D eigenvalue weighted by Crippen LogP contribution is -2.39. The van der Waals surface area contributed by atoms with Crippen LogP contribution in [0.15, 0.2) is 36.4 Å². The van der Waals surface area contributed by atoms with Gasteiger partial charge >= 0.3 is 6.18 Å². The normalized spacial score (nSPS) is 21.1. The van der Waals surface area contributed by atoms with Gasteiger partial charge in [0.2, 0.25) is 0 Å². The van der Waals surface area contributed by atoms with Gasteiger partial charge in [-0.25, -0.2) is 0 Å². The van der Waals surface area contributed by atoms with Crippen LogP contribution in [0, 0.1) is 0 Å². The Bertz CT molecular complexity index is 752. The Morgan fingerprint density at radius 3 is 2.26 bits per heavy atom. The molecule has 0 aliphatic carbocycles. The Morgan fingerprint density at radius 2 is 1.63 bits per heavy atom. The van der Waals surface area contributed by atoms with Crippen molar-refractivity contribution in [1.82, 2.24) is 15.1 Å². The van der Waals surface area contributed by atoms with E-state index in [1.54, 1.807) is 0 Å². The van der Waals surface area contributed by atoms with Crippen LogP contribution in [0.2, 0.25) is 0 Å². The fraction of sp³-hybridized carbons (Fsp3) is 0.500. The van der Waals surface area contributed by atoms with Gasteiger partial charge in [0.05, 0.1) is 11.3 Å². The van der Waals surface area contributed by atoms with Crippen molar-refractivity contribution < 1.29 is 13.2 Å². The van der Waals surface area contributed by atoms with Crippen LogP contribution in [-0.2, 0) is 6.18 Å². The van der Waals surface area contributed by atoms with Crippen molar-refractivity contribution in [2.45, 2.75) is 37.9 Å². The molecule has 0 amide bonds. The minimum atomic E-state index is -4.33. The highest BCUT2D eigenvalue weighted by molar-refractivity contribution is 5.60. The molecule has 1 aromatic carbocycles. The molecule has 2 saturated heterocycles. The van der Waals surface area contributed by atoms with Gasteiger partial charge in [0.25, 0.3) is 0 Å². The first-order valence-corrected chi connectivity index (χ1v) is 9.51. The molecule has 7 heteroatoms. The molecular weight excluding hydrogens is 353 g/mol. The van der Waals surface area contributed by atoms with Gasteiger partial charge in [0, 0.05) is 24.7 Å². The SMILES string of the molecule is FC(F)(F)c1ccc(-c2ccc(N3CCC[C@H]3CN3CCCC3)nn2)cc1. The van der Waals surface area contributed by atoms with E-state index in [9.17, 15) is 13.2 Å². The van der Waals surface area contributed by atoms with Crippen LogP contribution in [0.4, 0.5) is 19.0 Å². The van der Waals surface area contributed by atoms with Crippen molar-refractivity contribution in [3.8, 4) is 11.3 Å². The minimum Gasteiger partial charge on any atom is -0.351 e. The average Bonchev–Trinajstić information content (AvgIpc) is 3.34. The highest BCUT2D eigenvalue weighted by Gasteiger charge is 2.30. The van der Waals surface area contributed by atoms with Crippen LogP contribution < -0.4 is 4.90 Å². The van der Waals surface area contributed by atoms with E-state index < -0.39 is 11.7 Å². The van der Waals surface area contributed by atoms with Gasteiger partial charge in [-0.2, -0.15) is 13.2 Å². The van der Waals surface area contributed by atoms with E-state index in [1.165, 1.54) is 44.5 Å². The summed E-state index contributed by atoms with van der Waals surface area (Å²) >= 11 is 0. The van der Waals surface area contributed by atoms with Gasteiger partial charge in [-0.15, -0.1) is 10.2 Å². The molecule has 1 aromatic heterocycles. The molecule has 4 nitrogen and oxygen atoms in total. The fourth-order valence-corrected chi connectivity index (χ4v) is 4.05. The molecule has 4 rings (SSSR count). The highest BCUT2D eigenvalue weighted by atomic mass is 19.4. The summed E-state index contributed by atoms with van der Waals surface area (Å²) < 4.78 is 38.1. The molecule has 0 saturated carbocycles. The third-order valence-electron chi connectivity index (χ3n) is 5.50. The molecule has 1 atom stereocenters. The first-order chi connectivity index (χ1) is 13.0. The maximum Gasteiger partial charge on any atom is 0.416 e. The summed E-state index contributed by atoms with van der Waals surface area (Å²) in [5.41, 5.74) is 0.567. The van der Waals surface area contributed by atoms with Gasteiger partial charge in [-0.05, 0) is 63.0 Å². The Morgan fingerprint density at radius 1 is 0.889 bits per heavy atom. The lowest BCUT2D eigenvalue weighted by atomic mass is 10.1. The number of hydrogen-bond acceptors (Lipinski definition) is 4. The summed E-state index contributed by atoms with van der Waals surface area (Å²) in [5.74, 6) is 0.854. The number of nitrogens with zero attached hydrogens (tertiary/aromatic N) is 4. The van der Waals surface area contributed by atoms with Crippen LogP contribution >= 0.6 is 0 Å². The number of hydrogen-bond donors (Lipinski definition) is 0. The van der Waals surface area contributed by atoms with Crippen molar-refractivity contribution >= 4 is 5.82 Å². The Kier molecular flexibility index (Phi) is 5.04. The van der Waals surface area contributed by atoms with Crippen LogP contribution in [0.5, 0.6) is 0 Å². The molecule has 3 heterocycles. The molecule has 0 N–H and O–H groups in total. The standard InChI is InChI=1S/C20H23F3N4/c21-20(22,23)16-7-5-15(6-8-16)18-9-10-19(25-24-18)27-13-3-4-17(27)14-26-11-1-2-12-26/h5-10,17H,1-4,11-14H2/t17-/m0/s1. The molecule has 2 aromatic rings. The van der Waals surface area contributed by atoms with Crippen molar-refractivity contribution in [1.29, 1.82) is 0 Å². The minimum absolute atomic E-state index is 0.467. The topological polar surface area (TPSA) is 32.3 Å². The van der Waals surface area contributed by atoms with Gasteiger partial charge in [0.15, 0.2) is 5.82 Å². The Hall–Kier alpha value is -2.15. The van der Waals surface area contributed by atoms with Crippen molar-refractivity contribution in [2.75, 3.05) is 31.1 Å². The predicted octanol–water partition coefficient (Wildman–Crippen LogP) is 4.23. The third kappa shape index (κ3) is 4.08. The lowest BCUT2D eigenvalue weighted by molar-refractivity contribution is -0.137. The van der Waals surface area contributed by atoms with E-state index in [0.29, 0.717) is 17.3 Å².